The number of methoxy groups -OCH3 is 1. The van der Waals surface area contributed by atoms with Crippen molar-refractivity contribution < 1.29 is 19.2 Å². The van der Waals surface area contributed by atoms with E-state index < -0.39 is 5.91 Å². The zero-order chi connectivity index (χ0) is 19.8. The minimum absolute atomic E-state index is 0.193. The van der Waals surface area contributed by atoms with E-state index in [9.17, 15) is 9.59 Å². The van der Waals surface area contributed by atoms with Gasteiger partial charge in [0.25, 0.3) is 5.91 Å². The van der Waals surface area contributed by atoms with E-state index in [1.54, 1.807) is 24.3 Å². The summed E-state index contributed by atoms with van der Waals surface area (Å²) in [5.41, 5.74) is 6.57. The molecule has 0 spiro atoms. The van der Waals surface area contributed by atoms with E-state index in [2.05, 4.69) is 40.0 Å². The van der Waals surface area contributed by atoms with Crippen molar-refractivity contribution in [3.8, 4) is 5.75 Å². The number of hydrogen-bond acceptors (Lipinski definition) is 4. The average molecular weight is 383 g/mol. The lowest BCUT2D eigenvalue weighted by Gasteiger charge is -2.33. The number of rotatable bonds is 6. The first-order valence-corrected chi connectivity index (χ1v) is 9.53. The van der Waals surface area contributed by atoms with Gasteiger partial charge in [0.05, 0.1) is 51.8 Å². The van der Waals surface area contributed by atoms with Crippen molar-refractivity contribution in [1.82, 2.24) is 10.9 Å². The topological polar surface area (TPSA) is 75.1 Å². The third-order valence-electron chi connectivity index (χ3n) is 4.96. The van der Waals surface area contributed by atoms with Crippen LogP contribution in [0.2, 0.25) is 0 Å². The van der Waals surface area contributed by atoms with Gasteiger partial charge in [-0.25, -0.2) is 0 Å². The number of amides is 2. The Morgan fingerprint density at radius 3 is 2.39 bits per heavy atom. The second-order valence-corrected chi connectivity index (χ2v) is 6.78. The highest BCUT2D eigenvalue weighted by atomic mass is 16.5. The molecule has 3 rings (SSSR count). The van der Waals surface area contributed by atoms with Gasteiger partial charge in [0.1, 0.15) is 5.75 Å². The zero-order valence-electron chi connectivity index (χ0n) is 16.1. The number of carbonyl (C=O) groups is 2. The summed E-state index contributed by atoms with van der Waals surface area (Å²) in [5, 5.41) is 0. The maximum absolute atomic E-state index is 12.2. The molecule has 7 heteroatoms. The molecule has 0 unspecified atom stereocenters. The van der Waals surface area contributed by atoms with Gasteiger partial charge >= 0.3 is 0 Å². The van der Waals surface area contributed by atoms with Crippen LogP contribution in [0, 0.1) is 0 Å². The molecule has 0 saturated carbocycles. The Morgan fingerprint density at radius 1 is 1.00 bits per heavy atom. The molecule has 3 N–H and O–H groups in total. The first-order valence-electron chi connectivity index (χ1n) is 9.53. The summed E-state index contributed by atoms with van der Waals surface area (Å²) in [6.07, 6.45) is 0.368. The van der Waals surface area contributed by atoms with E-state index in [-0.39, 0.29) is 5.91 Å². The highest BCUT2D eigenvalue weighted by Gasteiger charge is 2.21. The highest BCUT2D eigenvalue weighted by molar-refractivity contribution is 5.97. The molecule has 0 atom stereocenters. The molecular formula is C21H27N4O3+. The number of quaternary nitrogens is 1. The molecule has 0 aliphatic carbocycles. The molecule has 148 valence electrons. The lowest BCUT2D eigenvalue weighted by molar-refractivity contribution is -0.900. The Balaban J connectivity index is 1.37. The third kappa shape index (κ3) is 5.23. The summed E-state index contributed by atoms with van der Waals surface area (Å²) < 4.78 is 5.16. The lowest BCUT2D eigenvalue weighted by Crippen LogP contribution is -3.15. The normalized spacial score (nSPS) is 14.4. The standard InChI is InChI=1S/C21H26N4O3/c1-28-19-10-6-5-9-18(19)21(27)23-22-20(26)11-12-24-13-15-25(16-14-24)17-7-3-2-4-8-17/h2-10H,11-16H2,1H3,(H,22,26)(H,23,27)/p+1. The molecule has 0 aromatic heterocycles. The minimum Gasteiger partial charge on any atom is -0.496 e. The molecule has 2 aromatic rings. The van der Waals surface area contributed by atoms with E-state index in [1.807, 2.05) is 6.07 Å². The zero-order valence-corrected chi connectivity index (χ0v) is 16.1. The van der Waals surface area contributed by atoms with Crippen molar-refractivity contribution in [2.45, 2.75) is 6.42 Å². The van der Waals surface area contributed by atoms with Gasteiger partial charge in [0, 0.05) is 5.69 Å². The van der Waals surface area contributed by atoms with Gasteiger partial charge < -0.3 is 14.5 Å². The van der Waals surface area contributed by atoms with E-state index in [0.29, 0.717) is 17.7 Å². The van der Waals surface area contributed by atoms with Crippen molar-refractivity contribution in [2.75, 3.05) is 44.7 Å². The van der Waals surface area contributed by atoms with Crippen molar-refractivity contribution in [1.29, 1.82) is 0 Å². The molecule has 1 aliphatic rings. The Hall–Kier alpha value is -3.06. The van der Waals surface area contributed by atoms with Crippen LogP contribution >= 0.6 is 0 Å². The van der Waals surface area contributed by atoms with Crippen LogP contribution in [0.15, 0.2) is 54.6 Å². The molecule has 1 aliphatic heterocycles. The quantitative estimate of drug-likeness (QED) is 0.626. The first-order chi connectivity index (χ1) is 13.7. The third-order valence-corrected chi connectivity index (χ3v) is 4.96. The van der Waals surface area contributed by atoms with Gasteiger partial charge in [-0.1, -0.05) is 30.3 Å². The second-order valence-electron chi connectivity index (χ2n) is 6.78. The van der Waals surface area contributed by atoms with Crippen LogP contribution in [-0.4, -0.2) is 51.6 Å². The molecule has 0 bridgehead atoms. The van der Waals surface area contributed by atoms with Crippen molar-refractivity contribution in [3.05, 3.63) is 60.2 Å². The number of piperazine rings is 1. The molecule has 0 radical (unpaired) electrons. The Morgan fingerprint density at radius 2 is 1.68 bits per heavy atom. The summed E-state index contributed by atoms with van der Waals surface area (Å²) in [4.78, 5) is 28.0. The van der Waals surface area contributed by atoms with E-state index >= 15 is 0 Å². The van der Waals surface area contributed by atoms with Gasteiger partial charge in [0.15, 0.2) is 0 Å². The molecule has 7 nitrogen and oxygen atoms in total. The SMILES string of the molecule is COc1ccccc1C(=O)NNC(=O)CC[NH+]1CCN(c2ccccc2)CC1. The van der Waals surface area contributed by atoms with Crippen LogP contribution in [0.5, 0.6) is 5.75 Å². The van der Waals surface area contributed by atoms with Gasteiger partial charge in [-0.2, -0.15) is 0 Å². The second kappa shape index (κ2) is 9.75. The largest absolute Gasteiger partial charge is 0.496 e. The number of hydrogen-bond donors (Lipinski definition) is 3. The van der Waals surface area contributed by atoms with E-state index in [4.69, 9.17) is 4.74 Å². The minimum atomic E-state index is -0.394. The number of para-hydroxylation sites is 2. The number of nitrogens with one attached hydrogen (secondary N) is 3. The van der Waals surface area contributed by atoms with Crippen LogP contribution in [0.1, 0.15) is 16.8 Å². The van der Waals surface area contributed by atoms with Gasteiger partial charge in [-0.05, 0) is 24.3 Å². The molecule has 1 saturated heterocycles. The van der Waals surface area contributed by atoms with Crippen molar-refractivity contribution in [3.63, 3.8) is 0 Å². The number of anilines is 1. The van der Waals surface area contributed by atoms with Gasteiger partial charge in [-0.15, -0.1) is 0 Å². The summed E-state index contributed by atoms with van der Waals surface area (Å²) in [5.74, 6) is -0.120. The highest BCUT2D eigenvalue weighted by Crippen LogP contribution is 2.16. The Labute approximate surface area is 165 Å². The van der Waals surface area contributed by atoms with E-state index in [0.717, 1.165) is 32.7 Å². The molecule has 2 amide bonds. The summed E-state index contributed by atoms with van der Waals surface area (Å²) in [7, 11) is 1.50. The van der Waals surface area contributed by atoms with Crippen molar-refractivity contribution in [2.24, 2.45) is 0 Å². The number of nitrogens with zero attached hydrogens (tertiary/aromatic N) is 1. The van der Waals surface area contributed by atoms with Crippen LogP contribution in [0.4, 0.5) is 5.69 Å². The van der Waals surface area contributed by atoms with Crippen LogP contribution in [0.25, 0.3) is 0 Å². The predicted octanol–water partition coefficient (Wildman–Crippen LogP) is 0.251. The van der Waals surface area contributed by atoms with Crippen LogP contribution in [-0.2, 0) is 4.79 Å². The fourth-order valence-electron chi connectivity index (χ4n) is 3.35. The maximum atomic E-state index is 12.2. The molecule has 1 heterocycles. The monoisotopic (exact) mass is 383 g/mol. The van der Waals surface area contributed by atoms with E-state index in [1.165, 1.54) is 17.7 Å². The average Bonchev–Trinajstić information content (AvgIpc) is 2.77. The summed E-state index contributed by atoms with van der Waals surface area (Å²) in [6, 6.07) is 17.3. The lowest BCUT2D eigenvalue weighted by atomic mass is 10.2. The summed E-state index contributed by atoms with van der Waals surface area (Å²) >= 11 is 0. The fourth-order valence-corrected chi connectivity index (χ4v) is 3.35. The van der Waals surface area contributed by atoms with Crippen LogP contribution in [0.3, 0.4) is 0 Å². The fraction of sp³-hybridized carbons (Fsp3) is 0.333. The molecule has 28 heavy (non-hydrogen) atoms. The predicted molar refractivity (Wildman–Crippen MR) is 107 cm³/mol. The summed E-state index contributed by atoms with van der Waals surface area (Å²) in [6.45, 7) is 4.70. The molecule has 1 fully saturated rings. The number of benzene rings is 2. The Kier molecular flexibility index (Phi) is 6.86. The Bertz CT molecular complexity index is 789. The smallest absolute Gasteiger partial charge is 0.273 e. The first kappa shape index (κ1) is 19.7. The molecular weight excluding hydrogens is 356 g/mol. The van der Waals surface area contributed by atoms with Gasteiger partial charge in [0.2, 0.25) is 5.91 Å². The van der Waals surface area contributed by atoms with Gasteiger partial charge in [-0.3, -0.25) is 20.4 Å². The molecule has 2 aromatic carbocycles. The van der Waals surface area contributed by atoms with Crippen LogP contribution < -0.4 is 25.4 Å². The number of ether oxygens (including phenoxy) is 1. The van der Waals surface area contributed by atoms with Crippen molar-refractivity contribution >= 4 is 17.5 Å². The maximum Gasteiger partial charge on any atom is 0.273 e. The number of carbonyl (C=O) groups excluding carboxylic acids is 2. The number of hydrazine groups is 1.